The maximum absolute atomic E-state index is 5.73. The Kier molecular flexibility index (Phi) is 2.73. The van der Waals surface area contributed by atoms with Crippen molar-refractivity contribution in [2.75, 3.05) is 0 Å². The van der Waals surface area contributed by atoms with Gasteiger partial charge in [-0.1, -0.05) is 23.7 Å². The van der Waals surface area contributed by atoms with Gasteiger partial charge < -0.3 is 0 Å². The molecule has 0 heterocycles. The molecule has 0 aliphatic carbocycles. The molecule has 1 aromatic rings. The Morgan fingerprint density at radius 2 is 1.75 bits per heavy atom. The Morgan fingerprint density at radius 1 is 1.25 bits per heavy atom. The van der Waals surface area contributed by atoms with Gasteiger partial charge in [-0.3, -0.25) is 4.84 Å². The first-order chi connectivity index (χ1) is 5.56. The van der Waals surface area contributed by atoms with Crippen LogP contribution in [0.2, 0.25) is 5.02 Å². The zero-order chi connectivity index (χ0) is 9.19. The molecule has 0 atom stereocenters. The fourth-order valence-electron chi connectivity index (χ4n) is 0.919. The van der Waals surface area contributed by atoms with Gasteiger partial charge in [0.15, 0.2) is 0 Å². The van der Waals surface area contributed by atoms with Crippen molar-refractivity contribution in [2.45, 2.75) is 19.4 Å². The van der Waals surface area contributed by atoms with Crippen molar-refractivity contribution in [2.24, 2.45) is 5.90 Å². The van der Waals surface area contributed by atoms with Crippen LogP contribution in [0.1, 0.15) is 19.4 Å². The molecule has 0 unspecified atom stereocenters. The zero-order valence-corrected chi connectivity index (χ0v) is 7.93. The predicted octanol–water partition coefficient (Wildman–Crippen LogP) is 2.47. The maximum atomic E-state index is 5.73. The molecule has 66 valence electrons. The van der Waals surface area contributed by atoms with E-state index >= 15 is 0 Å². The Labute approximate surface area is 77.2 Å². The summed E-state index contributed by atoms with van der Waals surface area (Å²) in [7, 11) is 0. The van der Waals surface area contributed by atoms with E-state index in [-0.39, 0.29) is 0 Å². The SMILES string of the molecule is CC(C)(ON)c1ccc(Cl)cc1. The number of rotatable bonds is 2. The summed E-state index contributed by atoms with van der Waals surface area (Å²) in [6.45, 7) is 3.80. The van der Waals surface area contributed by atoms with E-state index in [9.17, 15) is 0 Å². The highest BCUT2D eigenvalue weighted by Crippen LogP contribution is 2.23. The monoisotopic (exact) mass is 185 g/mol. The molecule has 0 aliphatic heterocycles. The van der Waals surface area contributed by atoms with Crippen LogP contribution in [-0.2, 0) is 10.4 Å². The van der Waals surface area contributed by atoms with Crippen LogP contribution in [0.3, 0.4) is 0 Å². The second kappa shape index (κ2) is 3.44. The first-order valence-corrected chi connectivity index (χ1v) is 4.08. The molecule has 3 heteroatoms. The molecule has 0 saturated carbocycles. The predicted molar refractivity (Wildman–Crippen MR) is 49.8 cm³/mol. The third-order valence-corrected chi connectivity index (χ3v) is 2.09. The lowest BCUT2D eigenvalue weighted by Crippen LogP contribution is -2.25. The number of benzene rings is 1. The topological polar surface area (TPSA) is 35.2 Å². The van der Waals surface area contributed by atoms with Crippen molar-refractivity contribution >= 4 is 11.6 Å². The Balaban J connectivity index is 2.96. The number of hydrogen-bond acceptors (Lipinski definition) is 2. The summed E-state index contributed by atoms with van der Waals surface area (Å²) in [4.78, 5) is 4.82. The summed E-state index contributed by atoms with van der Waals surface area (Å²) in [6, 6.07) is 7.43. The molecular formula is C9H12ClNO. The second-order valence-electron chi connectivity index (χ2n) is 3.14. The van der Waals surface area contributed by atoms with Crippen LogP contribution in [0.4, 0.5) is 0 Å². The van der Waals surface area contributed by atoms with Crippen molar-refractivity contribution in [3.8, 4) is 0 Å². The third kappa shape index (κ3) is 1.97. The minimum atomic E-state index is -0.454. The highest BCUT2D eigenvalue weighted by Gasteiger charge is 2.19. The molecule has 2 nitrogen and oxygen atoms in total. The van der Waals surface area contributed by atoms with E-state index in [1.807, 2.05) is 38.1 Å². The molecular weight excluding hydrogens is 174 g/mol. The van der Waals surface area contributed by atoms with Crippen LogP contribution in [0.15, 0.2) is 24.3 Å². The Bertz CT molecular complexity index is 256. The van der Waals surface area contributed by atoms with Crippen molar-refractivity contribution in [3.63, 3.8) is 0 Å². The van der Waals surface area contributed by atoms with Crippen LogP contribution in [0, 0.1) is 0 Å². The van der Waals surface area contributed by atoms with Crippen LogP contribution in [0.5, 0.6) is 0 Å². The molecule has 0 spiro atoms. The summed E-state index contributed by atoms with van der Waals surface area (Å²) in [5, 5.41) is 0.714. The normalized spacial score (nSPS) is 11.7. The maximum Gasteiger partial charge on any atom is 0.109 e. The van der Waals surface area contributed by atoms with E-state index in [1.165, 1.54) is 0 Å². The summed E-state index contributed by atoms with van der Waals surface area (Å²) < 4.78 is 0. The average molecular weight is 186 g/mol. The van der Waals surface area contributed by atoms with E-state index < -0.39 is 5.60 Å². The van der Waals surface area contributed by atoms with Gasteiger partial charge in [-0.05, 0) is 31.5 Å². The molecule has 0 aliphatic rings. The van der Waals surface area contributed by atoms with Gasteiger partial charge in [-0.25, -0.2) is 5.90 Å². The lowest BCUT2D eigenvalue weighted by Gasteiger charge is -2.21. The van der Waals surface area contributed by atoms with Gasteiger partial charge >= 0.3 is 0 Å². The van der Waals surface area contributed by atoms with Gasteiger partial charge in [-0.2, -0.15) is 0 Å². The number of halogens is 1. The van der Waals surface area contributed by atoms with Crippen LogP contribution < -0.4 is 5.90 Å². The first-order valence-electron chi connectivity index (χ1n) is 3.70. The van der Waals surface area contributed by atoms with Crippen molar-refractivity contribution in [1.29, 1.82) is 0 Å². The summed E-state index contributed by atoms with van der Waals surface area (Å²) >= 11 is 5.73. The van der Waals surface area contributed by atoms with E-state index in [1.54, 1.807) is 0 Å². The average Bonchev–Trinajstić information content (AvgIpc) is 2.05. The molecule has 0 radical (unpaired) electrons. The largest absolute Gasteiger partial charge is 0.294 e. The molecule has 12 heavy (non-hydrogen) atoms. The molecule has 0 bridgehead atoms. The van der Waals surface area contributed by atoms with Gasteiger partial charge in [0.25, 0.3) is 0 Å². The van der Waals surface area contributed by atoms with Crippen LogP contribution in [-0.4, -0.2) is 0 Å². The minimum absolute atomic E-state index is 0.454. The van der Waals surface area contributed by atoms with Gasteiger partial charge in [-0.15, -0.1) is 0 Å². The van der Waals surface area contributed by atoms with E-state index in [0.29, 0.717) is 5.02 Å². The Hall–Kier alpha value is -0.570. The summed E-state index contributed by atoms with van der Waals surface area (Å²) in [5.41, 5.74) is 0.555. The molecule has 1 rings (SSSR count). The van der Waals surface area contributed by atoms with Gasteiger partial charge in [0, 0.05) is 5.02 Å². The van der Waals surface area contributed by atoms with Crippen LogP contribution >= 0.6 is 11.6 Å². The molecule has 0 amide bonds. The van der Waals surface area contributed by atoms with E-state index in [0.717, 1.165) is 5.56 Å². The summed E-state index contributed by atoms with van der Waals surface area (Å²) in [6.07, 6.45) is 0. The van der Waals surface area contributed by atoms with Gasteiger partial charge in [0.1, 0.15) is 5.60 Å². The van der Waals surface area contributed by atoms with Gasteiger partial charge in [0.2, 0.25) is 0 Å². The fraction of sp³-hybridized carbons (Fsp3) is 0.333. The molecule has 0 saturated heterocycles. The lowest BCUT2D eigenvalue weighted by molar-refractivity contribution is -0.0236. The van der Waals surface area contributed by atoms with Crippen molar-refractivity contribution in [3.05, 3.63) is 34.9 Å². The number of nitrogens with two attached hydrogens (primary N) is 1. The fourth-order valence-corrected chi connectivity index (χ4v) is 1.05. The molecule has 0 aromatic heterocycles. The number of hydrogen-bond donors (Lipinski definition) is 1. The Morgan fingerprint density at radius 3 is 2.17 bits per heavy atom. The zero-order valence-electron chi connectivity index (χ0n) is 7.17. The van der Waals surface area contributed by atoms with Crippen molar-refractivity contribution < 1.29 is 4.84 Å². The smallest absolute Gasteiger partial charge is 0.109 e. The van der Waals surface area contributed by atoms with Crippen molar-refractivity contribution in [1.82, 2.24) is 0 Å². The quantitative estimate of drug-likeness (QED) is 0.719. The minimum Gasteiger partial charge on any atom is -0.294 e. The molecule has 0 fully saturated rings. The summed E-state index contributed by atoms with van der Waals surface area (Å²) in [5.74, 6) is 5.14. The van der Waals surface area contributed by atoms with E-state index in [2.05, 4.69) is 0 Å². The lowest BCUT2D eigenvalue weighted by atomic mass is 9.99. The molecule has 2 N–H and O–H groups in total. The van der Waals surface area contributed by atoms with Gasteiger partial charge in [0.05, 0.1) is 0 Å². The van der Waals surface area contributed by atoms with E-state index in [4.69, 9.17) is 22.3 Å². The highest BCUT2D eigenvalue weighted by atomic mass is 35.5. The molecule has 1 aromatic carbocycles. The van der Waals surface area contributed by atoms with Crippen LogP contribution in [0.25, 0.3) is 0 Å². The standard InChI is InChI=1S/C9H12ClNO/c1-9(2,12-11)7-3-5-8(10)6-4-7/h3-6H,11H2,1-2H3. The third-order valence-electron chi connectivity index (χ3n) is 1.83. The second-order valence-corrected chi connectivity index (χ2v) is 3.57. The first kappa shape index (κ1) is 9.52. The highest BCUT2D eigenvalue weighted by molar-refractivity contribution is 6.30.